The Bertz CT molecular complexity index is 347. The molecule has 0 radical (unpaired) electrons. The van der Waals surface area contributed by atoms with Gasteiger partial charge < -0.3 is 5.32 Å². The van der Waals surface area contributed by atoms with E-state index in [-0.39, 0.29) is 0 Å². The van der Waals surface area contributed by atoms with Crippen molar-refractivity contribution in [2.75, 3.05) is 13.6 Å². The Labute approximate surface area is 104 Å². The normalized spacial score (nSPS) is 10.5. The summed E-state index contributed by atoms with van der Waals surface area (Å²) < 4.78 is 0. The first-order valence-corrected chi connectivity index (χ1v) is 6.55. The van der Waals surface area contributed by atoms with E-state index in [0.29, 0.717) is 12.2 Å². The molecule has 17 heavy (non-hydrogen) atoms. The molecule has 2 nitrogen and oxygen atoms in total. The van der Waals surface area contributed by atoms with Gasteiger partial charge >= 0.3 is 0 Å². The Hall–Kier alpha value is -1.15. The van der Waals surface area contributed by atoms with Crippen LogP contribution in [0.3, 0.4) is 0 Å². The molecule has 0 saturated carbocycles. The van der Waals surface area contributed by atoms with Crippen LogP contribution in [-0.2, 0) is 6.42 Å². The van der Waals surface area contributed by atoms with Crippen molar-refractivity contribution < 1.29 is 4.79 Å². The van der Waals surface area contributed by atoms with Crippen LogP contribution in [0.25, 0.3) is 0 Å². The molecule has 0 aliphatic heterocycles. The molecule has 1 aromatic rings. The molecule has 2 heteroatoms. The van der Waals surface area contributed by atoms with Crippen LogP contribution in [0.5, 0.6) is 0 Å². The minimum Gasteiger partial charge on any atom is -0.319 e. The van der Waals surface area contributed by atoms with Gasteiger partial charge in [-0.05, 0) is 32.0 Å². The number of benzene rings is 1. The lowest BCUT2D eigenvalue weighted by Gasteiger charge is -2.08. The van der Waals surface area contributed by atoms with E-state index >= 15 is 0 Å². The number of ketones is 1. The predicted octanol–water partition coefficient (Wildman–Crippen LogP) is 3.21. The van der Waals surface area contributed by atoms with E-state index < -0.39 is 0 Å². The zero-order chi connectivity index (χ0) is 12.5. The van der Waals surface area contributed by atoms with Crippen LogP contribution in [0.4, 0.5) is 0 Å². The number of carbonyl (C=O) groups is 1. The molecule has 0 unspecified atom stereocenters. The van der Waals surface area contributed by atoms with E-state index in [1.54, 1.807) is 0 Å². The Morgan fingerprint density at radius 2 is 2.00 bits per heavy atom. The fourth-order valence-corrected chi connectivity index (χ4v) is 1.94. The highest BCUT2D eigenvalue weighted by molar-refractivity contribution is 5.97. The first-order chi connectivity index (χ1) is 8.29. The summed E-state index contributed by atoms with van der Waals surface area (Å²) in [5.41, 5.74) is 2.09. The smallest absolute Gasteiger partial charge is 0.163 e. The van der Waals surface area contributed by atoms with Gasteiger partial charge in [0, 0.05) is 12.0 Å². The second kappa shape index (κ2) is 8.02. The Morgan fingerprint density at radius 1 is 1.24 bits per heavy atom. The van der Waals surface area contributed by atoms with Crippen LogP contribution >= 0.6 is 0 Å². The van der Waals surface area contributed by atoms with Crippen LogP contribution in [0.1, 0.15) is 48.5 Å². The van der Waals surface area contributed by atoms with E-state index in [1.807, 2.05) is 25.2 Å². The average molecular weight is 233 g/mol. The summed E-state index contributed by atoms with van der Waals surface area (Å²) in [5, 5.41) is 3.12. The maximum Gasteiger partial charge on any atom is 0.163 e. The standard InChI is InChI=1S/C15H23NO/c1-3-4-5-10-15(17)14-9-7-6-8-13(14)11-12-16-2/h6-9,16H,3-5,10-12H2,1-2H3. The molecule has 0 aliphatic carbocycles. The molecule has 1 N–H and O–H groups in total. The van der Waals surface area contributed by atoms with E-state index in [1.165, 1.54) is 5.56 Å². The van der Waals surface area contributed by atoms with Gasteiger partial charge in [0.25, 0.3) is 0 Å². The minimum absolute atomic E-state index is 0.296. The molecule has 94 valence electrons. The zero-order valence-electron chi connectivity index (χ0n) is 11.0. The topological polar surface area (TPSA) is 29.1 Å². The molecule has 0 aromatic heterocycles. The van der Waals surface area contributed by atoms with Gasteiger partial charge in [0.15, 0.2) is 5.78 Å². The summed E-state index contributed by atoms with van der Waals surface area (Å²) in [6, 6.07) is 7.98. The third-order valence-corrected chi connectivity index (χ3v) is 2.97. The zero-order valence-corrected chi connectivity index (χ0v) is 11.0. The van der Waals surface area contributed by atoms with E-state index in [2.05, 4.69) is 18.3 Å². The first-order valence-electron chi connectivity index (χ1n) is 6.55. The monoisotopic (exact) mass is 233 g/mol. The van der Waals surface area contributed by atoms with Crippen molar-refractivity contribution in [1.29, 1.82) is 0 Å². The summed E-state index contributed by atoms with van der Waals surface area (Å²) in [6.45, 7) is 3.07. The lowest BCUT2D eigenvalue weighted by atomic mass is 9.98. The Balaban J connectivity index is 2.64. The molecular weight excluding hydrogens is 210 g/mol. The summed E-state index contributed by atoms with van der Waals surface area (Å²) >= 11 is 0. The predicted molar refractivity (Wildman–Crippen MR) is 72.5 cm³/mol. The summed E-state index contributed by atoms with van der Waals surface area (Å²) in [7, 11) is 1.94. The number of Topliss-reactive ketones (excluding diaryl/α,β-unsaturated/α-hetero) is 1. The number of carbonyl (C=O) groups excluding carboxylic acids is 1. The second-order valence-corrected chi connectivity index (χ2v) is 4.39. The molecule has 1 rings (SSSR count). The van der Waals surface area contributed by atoms with E-state index in [9.17, 15) is 4.79 Å². The van der Waals surface area contributed by atoms with Gasteiger partial charge in [-0.2, -0.15) is 0 Å². The van der Waals surface area contributed by atoms with Gasteiger partial charge in [0.1, 0.15) is 0 Å². The summed E-state index contributed by atoms with van der Waals surface area (Å²) in [4.78, 5) is 12.1. The fraction of sp³-hybridized carbons (Fsp3) is 0.533. The molecule has 0 heterocycles. The van der Waals surface area contributed by atoms with Crippen LogP contribution in [0.2, 0.25) is 0 Å². The Kier molecular flexibility index (Phi) is 6.56. The number of rotatable bonds is 8. The summed E-state index contributed by atoms with van der Waals surface area (Å²) in [5.74, 6) is 0.296. The number of hydrogen-bond donors (Lipinski definition) is 1. The van der Waals surface area contributed by atoms with Gasteiger partial charge in [-0.3, -0.25) is 4.79 Å². The number of unbranched alkanes of at least 4 members (excludes halogenated alkanes) is 2. The minimum atomic E-state index is 0.296. The van der Waals surface area contributed by atoms with Crippen molar-refractivity contribution in [3.05, 3.63) is 35.4 Å². The highest BCUT2D eigenvalue weighted by Gasteiger charge is 2.09. The molecular formula is C15H23NO. The fourth-order valence-electron chi connectivity index (χ4n) is 1.94. The van der Waals surface area contributed by atoms with Crippen LogP contribution in [0.15, 0.2) is 24.3 Å². The van der Waals surface area contributed by atoms with Gasteiger partial charge in [-0.15, -0.1) is 0 Å². The average Bonchev–Trinajstić information content (AvgIpc) is 2.37. The van der Waals surface area contributed by atoms with E-state index in [4.69, 9.17) is 0 Å². The molecule has 0 bridgehead atoms. The van der Waals surface area contributed by atoms with Gasteiger partial charge in [-0.1, -0.05) is 44.0 Å². The lowest BCUT2D eigenvalue weighted by molar-refractivity contribution is 0.0978. The van der Waals surface area contributed by atoms with Crippen molar-refractivity contribution in [3.8, 4) is 0 Å². The SMILES string of the molecule is CCCCCC(=O)c1ccccc1CCNC. The van der Waals surface area contributed by atoms with Gasteiger partial charge in [0.05, 0.1) is 0 Å². The number of hydrogen-bond acceptors (Lipinski definition) is 2. The van der Waals surface area contributed by atoms with Gasteiger partial charge in [0.2, 0.25) is 0 Å². The maximum atomic E-state index is 12.1. The van der Waals surface area contributed by atoms with Crippen molar-refractivity contribution in [1.82, 2.24) is 5.32 Å². The molecule has 0 amide bonds. The van der Waals surface area contributed by atoms with Gasteiger partial charge in [-0.25, -0.2) is 0 Å². The van der Waals surface area contributed by atoms with Crippen molar-refractivity contribution in [2.45, 2.75) is 39.0 Å². The first kappa shape index (κ1) is 13.9. The number of likely N-dealkylation sites (N-methyl/N-ethyl adjacent to an activating group) is 1. The highest BCUT2D eigenvalue weighted by atomic mass is 16.1. The second-order valence-electron chi connectivity index (χ2n) is 4.39. The molecule has 0 spiro atoms. The van der Waals surface area contributed by atoms with Crippen LogP contribution in [0, 0.1) is 0 Å². The molecule has 0 saturated heterocycles. The van der Waals surface area contributed by atoms with Crippen molar-refractivity contribution in [2.24, 2.45) is 0 Å². The highest BCUT2D eigenvalue weighted by Crippen LogP contribution is 2.14. The van der Waals surface area contributed by atoms with Crippen molar-refractivity contribution >= 4 is 5.78 Å². The van der Waals surface area contributed by atoms with Crippen LogP contribution in [-0.4, -0.2) is 19.4 Å². The maximum absolute atomic E-state index is 12.1. The van der Waals surface area contributed by atoms with E-state index in [0.717, 1.165) is 37.8 Å². The number of nitrogens with one attached hydrogen (secondary N) is 1. The molecule has 1 aromatic carbocycles. The molecule has 0 atom stereocenters. The van der Waals surface area contributed by atoms with Crippen LogP contribution < -0.4 is 5.32 Å². The largest absolute Gasteiger partial charge is 0.319 e. The summed E-state index contributed by atoms with van der Waals surface area (Å²) in [6.07, 6.45) is 4.92. The molecule has 0 fully saturated rings. The lowest BCUT2D eigenvalue weighted by Crippen LogP contribution is -2.13. The van der Waals surface area contributed by atoms with Crippen molar-refractivity contribution in [3.63, 3.8) is 0 Å². The third-order valence-electron chi connectivity index (χ3n) is 2.97. The molecule has 0 aliphatic rings. The third kappa shape index (κ3) is 4.70. The Morgan fingerprint density at radius 3 is 2.71 bits per heavy atom. The quantitative estimate of drug-likeness (QED) is 0.552.